The van der Waals surface area contributed by atoms with Crippen LogP contribution in [0.4, 0.5) is 8.78 Å². The zero-order chi connectivity index (χ0) is 11.9. The van der Waals surface area contributed by atoms with Crippen LogP contribution in [0.5, 0.6) is 0 Å². The first kappa shape index (κ1) is 12.2. The van der Waals surface area contributed by atoms with Crippen molar-refractivity contribution < 1.29 is 8.78 Å². The first-order valence-corrected chi connectivity index (χ1v) is 5.11. The summed E-state index contributed by atoms with van der Waals surface area (Å²) in [5, 5.41) is 0. The Bertz CT molecular complexity index is 322. The molecule has 1 rings (SSSR count). The highest BCUT2D eigenvalue weighted by atomic mass is 19.3. The lowest BCUT2D eigenvalue weighted by Crippen LogP contribution is -2.15. The predicted octanol–water partition coefficient (Wildman–Crippen LogP) is 4.40. The first-order chi connectivity index (χ1) is 6.60. The van der Waals surface area contributed by atoms with Crippen molar-refractivity contribution in [3.8, 4) is 0 Å². The Hall–Kier alpha value is -0.920. The Morgan fingerprint density at radius 3 is 1.73 bits per heavy atom. The van der Waals surface area contributed by atoms with Gasteiger partial charge < -0.3 is 0 Å². The van der Waals surface area contributed by atoms with Gasteiger partial charge in [0.2, 0.25) is 0 Å². The molecule has 0 spiro atoms. The minimum atomic E-state index is -2.76. The van der Waals surface area contributed by atoms with Crippen molar-refractivity contribution in [1.82, 2.24) is 0 Å². The van der Waals surface area contributed by atoms with Gasteiger partial charge in [-0.25, -0.2) is 8.78 Å². The molecule has 1 aromatic carbocycles. The van der Waals surface area contributed by atoms with E-state index < -0.39 is 5.92 Å². The molecule has 0 aromatic heterocycles. The van der Waals surface area contributed by atoms with E-state index in [1.807, 2.05) is 33.8 Å². The summed E-state index contributed by atoms with van der Waals surface area (Å²) in [6, 6.07) is 5.12. The molecule has 1 aromatic rings. The first-order valence-electron chi connectivity index (χ1n) is 5.11. The molecule has 0 heterocycles. The van der Waals surface area contributed by atoms with Gasteiger partial charge in [0.05, 0.1) is 0 Å². The van der Waals surface area contributed by atoms with Crippen LogP contribution in [0.1, 0.15) is 44.4 Å². The maximum atomic E-state index is 13.2. The fourth-order valence-corrected chi connectivity index (χ4v) is 1.47. The minimum absolute atomic E-state index is 0.0913. The van der Waals surface area contributed by atoms with Gasteiger partial charge in [-0.15, -0.1) is 0 Å². The van der Waals surface area contributed by atoms with E-state index in [1.54, 1.807) is 12.1 Å². The number of aryl methyl sites for hydroxylation is 1. The lowest BCUT2D eigenvalue weighted by Gasteiger charge is -2.22. The molecule has 0 fully saturated rings. The molecule has 0 atom stereocenters. The third-order valence-corrected chi connectivity index (χ3v) is 2.45. The Balaban J connectivity index is 3.30. The summed E-state index contributed by atoms with van der Waals surface area (Å²) < 4.78 is 26.4. The second kappa shape index (κ2) is 3.58. The molecule has 0 nitrogen and oxygen atoms in total. The highest BCUT2D eigenvalue weighted by Crippen LogP contribution is 2.32. The smallest absolute Gasteiger partial charge is 0.202 e. The van der Waals surface area contributed by atoms with Gasteiger partial charge in [0, 0.05) is 12.5 Å². The monoisotopic (exact) mass is 212 g/mol. The molecule has 0 unspecified atom stereocenters. The number of hydrogen-bond donors (Lipinski definition) is 0. The molecule has 0 aliphatic rings. The highest BCUT2D eigenvalue weighted by Gasteiger charge is 2.26. The maximum Gasteiger partial charge on any atom is 0.270 e. The standard InChI is InChI=1S/C13H18F2/c1-9-6-10(12(2,3)4)8-11(7-9)13(5,14)15/h6-8H,1-5H3. The van der Waals surface area contributed by atoms with Crippen LogP contribution in [0, 0.1) is 6.92 Å². The molecule has 0 saturated heterocycles. The van der Waals surface area contributed by atoms with Crippen LogP contribution in [0.25, 0.3) is 0 Å². The third-order valence-electron chi connectivity index (χ3n) is 2.45. The van der Waals surface area contributed by atoms with Crippen molar-refractivity contribution in [1.29, 1.82) is 0 Å². The van der Waals surface area contributed by atoms with Gasteiger partial charge in [-0.2, -0.15) is 0 Å². The molecular weight excluding hydrogens is 194 g/mol. The van der Waals surface area contributed by atoms with Crippen LogP contribution in [0.2, 0.25) is 0 Å². The summed E-state index contributed by atoms with van der Waals surface area (Å²) in [5.74, 6) is -2.76. The van der Waals surface area contributed by atoms with E-state index in [2.05, 4.69) is 0 Å². The largest absolute Gasteiger partial charge is 0.270 e. The lowest BCUT2D eigenvalue weighted by atomic mass is 9.84. The van der Waals surface area contributed by atoms with Gasteiger partial charge >= 0.3 is 0 Å². The molecule has 0 saturated carbocycles. The molecule has 0 aliphatic carbocycles. The maximum absolute atomic E-state index is 13.2. The van der Waals surface area contributed by atoms with E-state index in [9.17, 15) is 8.78 Å². The zero-order valence-corrected chi connectivity index (χ0v) is 9.99. The second-order valence-corrected chi connectivity index (χ2v) is 5.23. The summed E-state index contributed by atoms with van der Waals surface area (Å²) in [4.78, 5) is 0. The van der Waals surface area contributed by atoms with E-state index in [1.165, 1.54) is 0 Å². The quantitative estimate of drug-likeness (QED) is 0.647. The van der Waals surface area contributed by atoms with Gasteiger partial charge in [-0.3, -0.25) is 0 Å². The van der Waals surface area contributed by atoms with Crippen molar-refractivity contribution in [3.05, 3.63) is 34.9 Å². The van der Waals surface area contributed by atoms with E-state index in [-0.39, 0.29) is 11.0 Å². The van der Waals surface area contributed by atoms with Crippen molar-refractivity contribution in [3.63, 3.8) is 0 Å². The molecule has 0 bridgehead atoms. The van der Waals surface area contributed by atoms with Crippen molar-refractivity contribution in [2.75, 3.05) is 0 Å². The third kappa shape index (κ3) is 3.01. The topological polar surface area (TPSA) is 0 Å². The van der Waals surface area contributed by atoms with E-state index >= 15 is 0 Å². The van der Waals surface area contributed by atoms with Crippen LogP contribution in [0.15, 0.2) is 18.2 Å². The Morgan fingerprint density at radius 2 is 1.33 bits per heavy atom. The average molecular weight is 212 g/mol. The number of benzene rings is 1. The molecule has 0 amide bonds. The van der Waals surface area contributed by atoms with Gasteiger partial charge in [0.25, 0.3) is 5.92 Å². The summed E-state index contributed by atoms with van der Waals surface area (Å²) in [6.45, 7) is 8.87. The number of hydrogen-bond acceptors (Lipinski definition) is 0. The fourth-order valence-electron chi connectivity index (χ4n) is 1.47. The van der Waals surface area contributed by atoms with E-state index in [0.29, 0.717) is 0 Å². The molecular formula is C13H18F2. The van der Waals surface area contributed by atoms with Crippen LogP contribution >= 0.6 is 0 Å². The van der Waals surface area contributed by atoms with Crippen molar-refractivity contribution in [2.45, 2.75) is 46.0 Å². The summed E-state index contributed by atoms with van der Waals surface area (Å²) in [5.41, 5.74) is 1.86. The number of rotatable bonds is 1. The average Bonchev–Trinajstić information content (AvgIpc) is 1.99. The van der Waals surface area contributed by atoms with Crippen LogP contribution in [0.3, 0.4) is 0 Å². The summed E-state index contributed by atoms with van der Waals surface area (Å²) in [6.07, 6.45) is 0. The molecule has 2 heteroatoms. The number of alkyl halides is 2. The van der Waals surface area contributed by atoms with Crippen molar-refractivity contribution >= 4 is 0 Å². The molecule has 0 N–H and O–H groups in total. The van der Waals surface area contributed by atoms with Crippen LogP contribution < -0.4 is 0 Å². The molecule has 15 heavy (non-hydrogen) atoms. The SMILES string of the molecule is Cc1cc(C(C)(C)C)cc(C(C)(F)F)c1. The number of halogens is 2. The second-order valence-electron chi connectivity index (χ2n) is 5.23. The van der Waals surface area contributed by atoms with E-state index in [0.717, 1.165) is 18.1 Å². The Labute approximate surface area is 90.3 Å². The predicted molar refractivity (Wildman–Crippen MR) is 59.4 cm³/mol. The van der Waals surface area contributed by atoms with Gasteiger partial charge in [0.15, 0.2) is 0 Å². The normalized spacial score (nSPS) is 13.0. The van der Waals surface area contributed by atoms with Crippen LogP contribution in [-0.2, 0) is 11.3 Å². The van der Waals surface area contributed by atoms with Crippen molar-refractivity contribution in [2.24, 2.45) is 0 Å². The van der Waals surface area contributed by atoms with Gasteiger partial charge in [-0.1, -0.05) is 38.5 Å². The van der Waals surface area contributed by atoms with Gasteiger partial charge in [-0.05, 0) is 24.0 Å². The Morgan fingerprint density at radius 1 is 0.867 bits per heavy atom. The molecule has 0 aliphatic heterocycles. The summed E-state index contributed by atoms with van der Waals surface area (Å²) >= 11 is 0. The van der Waals surface area contributed by atoms with Gasteiger partial charge in [0.1, 0.15) is 0 Å². The minimum Gasteiger partial charge on any atom is -0.202 e. The fraction of sp³-hybridized carbons (Fsp3) is 0.538. The molecule has 84 valence electrons. The summed E-state index contributed by atoms with van der Waals surface area (Å²) in [7, 11) is 0. The lowest BCUT2D eigenvalue weighted by molar-refractivity contribution is 0.0173. The Kier molecular flexibility index (Phi) is 2.90. The van der Waals surface area contributed by atoms with Crippen LogP contribution in [-0.4, -0.2) is 0 Å². The van der Waals surface area contributed by atoms with E-state index in [4.69, 9.17) is 0 Å². The zero-order valence-electron chi connectivity index (χ0n) is 9.99. The molecule has 0 radical (unpaired) electrons. The highest BCUT2D eigenvalue weighted by molar-refractivity contribution is 5.35.